The molecule has 0 atom stereocenters. The van der Waals surface area contributed by atoms with Gasteiger partial charge >= 0.3 is 0 Å². The summed E-state index contributed by atoms with van der Waals surface area (Å²) in [6.07, 6.45) is 7.16. The minimum absolute atomic E-state index is 0.845. The van der Waals surface area contributed by atoms with E-state index in [1.165, 1.54) is 0 Å². The predicted molar refractivity (Wildman–Crippen MR) is 95.7 cm³/mol. The standard InChI is InChI=1S/C18H11N5S/c1-2-13-15(22-17(21-13)11-3-6-19-7-4-11)9-12(1)18-23-14-5-8-20-10-16(14)24-18/h1-10H,(H,21,22). The first-order valence-corrected chi connectivity index (χ1v) is 8.29. The zero-order valence-electron chi connectivity index (χ0n) is 12.5. The summed E-state index contributed by atoms with van der Waals surface area (Å²) < 4.78 is 1.09. The number of benzene rings is 1. The molecule has 0 unspecified atom stereocenters. The van der Waals surface area contributed by atoms with Crippen LogP contribution in [0.15, 0.2) is 61.2 Å². The molecule has 0 fully saturated rings. The molecule has 6 heteroatoms. The van der Waals surface area contributed by atoms with Gasteiger partial charge in [0, 0.05) is 35.9 Å². The summed E-state index contributed by atoms with van der Waals surface area (Å²) in [4.78, 5) is 20.9. The number of hydrogen-bond acceptors (Lipinski definition) is 5. The molecule has 0 saturated heterocycles. The number of thiazole rings is 1. The highest BCUT2D eigenvalue weighted by Crippen LogP contribution is 2.31. The Morgan fingerprint density at radius 3 is 2.54 bits per heavy atom. The van der Waals surface area contributed by atoms with Gasteiger partial charge in [0.25, 0.3) is 0 Å². The SMILES string of the molecule is c1cc(-c2nc3ccc(-c4nc5ccncc5s4)cc3[nH]2)ccn1. The smallest absolute Gasteiger partial charge is 0.138 e. The Hall–Kier alpha value is -3.12. The average Bonchev–Trinajstić information content (AvgIpc) is 3.25. The van der Waals surface area contributed by atoms with Crippen LogP contribution < -0.4 is 0 Å². The Kier molecular flexibility index (Phi) is 2.89. The number of hydrogen-bond donors (Lipinski definition) is 1. The maximum atomic E-state index is 4.69. The topological polar surface area (TPSA) is 67.3 Å². The predicted octanol–water partition coefficient (Wildman–Crippen LogP) is 4.30. The summed E-state index contributed by atoms with van der Waals surface area (Å²) in [6.45, 7) is 0. The number of nitrogens with one attached hydrogen (secondary N) is 1. The van der Waals surface area contributed by atoms with Crippen molar-refractivity contribution < 1.29 is 0 Å². The molecular formula is C18H11N5S. The average molecular weight is 329 g/mol. The van der Waals surface area contributed by atoms with Crippen molar-refractivity contribution >= 4 is 32.6 Å². The molecule has 5 nitrogen and oxygen atoms in total. The highest BCUT2D eigenvalue weighted by Gasteiger charge is 2.10. The van der Waals surface area contributed by atoms with Gasteiger partial charge < -0.3 is 4.98 Å². The van der Waals surface area contributed by atoms with Crippen LogP contribution in [-0.4, -0.2) is 24.9 Å². The van der Waals surface area contributed by atoms with Crippen LogP contribution in [-0.2, 0) is 0 Å². The van der Waals surface area contributed by atoms with Crippen LogP contribution in [0.1, 0.15) is 0 Å². The van der Waals surface area contributed by atoms with Gasteiger partial charge in [0.05, 0.1) is 21.3 Å². The fourth-order valence-electron chi connectivity index (χ4n) is 2.69. The fraction of sp³-hybridized carbons (Fsp3) is 0. The van der Waals surface area contributed by atoms with Gasteiger partial charge in [-0.1, -0.05) is 0 Å². The van der Waals surface area contributed by atoms with E-state index in [-0.39, 0.29) is 0 Å². The van der Waals surface area contributed by atoms with E-state index in [9.17, 15) is 0 Å². The Morgan fingerprint density at radius 2 is 1.67 bits per heavy atom. The molecule has 0 amide bonds. The fourth-order valence-corrected chi connectivity index (χ4v) is 3.62. The summed E-state index contributed by atoms with van der Waals surface area (Å²) in [5, 5.41) is 0.986. The molecule has 0 aliphatic rings. The highest BCUT2D eigenvalue weighted by molar-refractivity contribution is 7.21. The van der Waals surface area contributed by atoms with E-state index in [0.29, 0.717) is 0 Å². The van der Waals surface area contributed by atoms with Gasteiger partial charge in [0.2, 0.25) is 0 Å². The van der Waals surface area contributed by atoms with E-state index in [0.717, 1.165) is 43.2 Å². The number of aromatic nitrogens is 5. The first kappa shape index (κ1) is 13.3. The van der Waals surface area contributed by atoms with Crippen molar-refractivity contribution in [2.45, 2.75) is 0 Å². The summed E-state index contributed by atoms with van der Waals surface area (Å²) >= 11 is 1.65. The molecule has 5 aromatic rings. The second-order valence-corrected chi connectivity index (χ2v) is 6.45. The summed E-state index contributed by atoms with van der Waals surface area (Å²) in [5.74, 6) is 0.845. The number of aromatic amines is 1. The molecule has 1 N–H and O–H groups in total. The lowest BCUT2D eigenvalue weighted by molar-refractivity contribution is 1.28. The van der Waals surface area contributed by atoms with Gasteiger partial charge in [0.15, 0.2) is 0 Å². The van der Waals surface area contributed by atoms with Crippen molar-refractivity contribution in [1.82, 2.24) is 24.9 Å². The summed E-state index contributed by atoms with van der Waals surface area (Å²) in [5.41, 5.74) is 5.01. The molecule has 24 heavy (non-hydrogen) atoms. The van der Waals surface area contributed by atoms with E-state index in [4.69, 9.17) is 4.98 Å². The number of nitrogens with zero attached hydrogens (tertiary/aromatic N) is 4. The maximum absolute atomic E-state index is 4.69. The van der Waals surface area contributed by atoms with E-state index >= 15 is 0 Å². The van der Waals surface area contributed by atoms with Crippen LogP contribution in [0.25, 0.3) is 43.2 Å². The third-order valence-corrected chi connectivity index (χ3v) is 4.93. The third kappa shape index (κ3) is 2.16. The molecule has 114 valence electrons. The van der Waals surface area contributed by atoms with Gasteiger partial charge in [-0.15, -0.1) is 11.3 Å². The Labute approximate surface area is 141 Å². The zero-order valence-corrected chi connectivity index (χ0v) is 13.3. The highest BCUT2D eigenvalue weighted by atomic mass is 32.1. The van der Waals surface area contributed by atoms with Crippen LogP contribution in [0.3, 0.4) is 0 Å². The van der Waals surface area contributed by atoms with E-state index in [1.54, 1.807) is 29.9 Å². The summed E-state index contributed by atoms with van der Waals surface area (Å²) in [6, 6.07) is 12.0. The van der Waals surface area contributed by atoms with Crippen LogP contribution in [0.4, 0.5) is 0 Å². The molecule has 1 aromatic carbocycles. The molecule has 0 bridgehead atoms. The van der Waals surface area contributed by atoms with E-state index < -0.39 is 0 Å². The number of fused-ring (bicyclic) bond motifs is 2. The van der Waals surface area contributed by atoms with Crippen LogP contribution in [0.5, 0.6) is 0 Å². The number of imidazole rings is 1. The first-order valence-electron chi connectivity index (χ1n) is 7.48. The van der Waals surface area contributed by atoms with Gasteiger partial charge in [-0.05, 0) is 36.4 Å². The molecule has 4 heterocycles. The van der Waals surface area contributed by atoms with Crippen molar-refractivity contribution in [2.24, 2.45) is 0 Å². The lowest BCUT2D eigenvalue weighted by Crippen LogP contribution is -1.79. The Bertz CT molecular complexity index is 1130. The minimum atomic E-state index is 0.845. The second-order valence-electron chi connectivity index (χ2n) is 5.42. The lowest BCUT2D eigenvalue weighted by Gasteiger charge is -1.95. The van der Waals surface area contributed by atoms with Crippen molar-refractivity contribution in [3.05, 3.63) is 61.2 Å². The zero-order chi connectivity index (χ0) is 15.9. The molecule has 0 saturated carbocycles. The minimum Gasteiger partial charge on any atom is -0.338 e. The van der Waals surface area contributed by atoms with Crippen LogP contribution >= 0.6 is 11.3 Å². The van der Waals surface area contributed by atoms with Crippen LogP contribution in [0.2, 0.25) is 0 Å². The van der Waals surface area contributed by atoms with Crippen LogP contribution in [0, 0.1) is 0 Å². The summed E-state index contributed by atoms with van der Waals surface area (Å²) in [7, 11) is 0. The van der Waals surface area contributed by atoms with Crippen molar-refractivity contribution in [3.63, 3.8) is 0 Å². The number of pyridine rings is 2. The lowest BCUT2D eigenvalue weighted by atomic mass is 10.2. The van der Waals surface area contributed by atoms with Crippen molar-refractivity contribution in [2.75, 3.05) is 0 Å². The molecule has 0 aliphatic heterocycles. The number of H-pyrrole nitrogens is 1. The molecule has 0 radical (unpaired) electrons. The third-order valence-electron chi connectivity index (χ3n) is 3.87. The molecule has 5 rings (SSSR count). The maximum Gasteiger partial charge on any atom is 0.138 e. The van der Waals surface area contributed by atoms with Crippen molar-refractivity contribution in [3.8, 4) is 22.0 Å². The van der Waals surface area contributed by atoms with Gasteiger partial charge in [-0.2, -0.15) is 0 Å². The van der Waals surface area contributed by atoms with Gasteiger partial charge in [0.1, 0.15) is 10.8 Å². The second kappa shape index (κ2) is 5.21. The Balaban J connectivity index is 1.63. The molecule has 0 aliphatic carbocycles. The van der Waals surface area contributed by atoms with Gasteiger partial charge in [-0.25, -0.2) is 9.97 Å². The van der Waals surface area contributed by atoms with Crippen molar-refractivity contribution in [1.29, 1.82) is 0 Å². The monoisotopic (exact) mass is 329 g/mol. The number of rotatable bonds is 2. The Morgan fingerprint density at radius 1 is 0.792 bits per heavy atom. The molecule has 4 aromatic heterocycles. The normalized spacial score (nSPS) is 11.3. The molecule has 0 spiro atoms. The van der Waals surface area contributed by atoms with Gasteiger partial charge in [-0.3, -0.25) is 9.97 Å². The van der Waals surface area contributed by atoms with E-state index in [1.807, 2.05) is 30.5 Å². The quantitative estimate of drug-likeness (QED) is 0.524. The molecular weight excluding hydrogens is 318 g/mol. The largest absolute Gasteiger partial charge is 0.338 e. The van der Waals surface area contributed by atoms with E-state index in [2.05, 4.69) is 32.1 Å². The first-order chi connectivity index (χ1) is 11.9.